The van der Waals surface area contributed by atoms with Gasteiger partial charge in [0.15, 0.2) is 0 Å². The second-order valence-electron chi connectivity index (χ2n) is 3.74. The second-order valence-corrected chi connectivity index (χ2v) is 3.74. The number of hydrogen-bond donors (Lipinski definition) is 0. The summed E-state index contributed by atoms with van der Waals surface area (Å²) in [6.07, 6.45) is 7.32. The lowest BCUT2D eigenvalue weighted by molar-refractivity contribution is 0.218. The Hall–Kier alpha value is -0.0400. The van der Waals surface area contributed by atoms with Gasteiger partial charge in [0, 0.05) is 0 Å². The highest BCUT2D eigenvalue weighted by molar-refractivity contribution is 5.03. The molecule has 4 aliphatic rings. The fourth-order valence-electron chi connectivity index (χ4n) is 2.70. The summed E-state index contributed by atoms with van der Waals surface area (Å²) in [5.74, 6) is 1.94. The molecule has 0 radical (unpaired) electrons. The van der Waals surface area contributed by atoms with Crippen molar-refractivity contribution in [3.63, 3.8) is 0 Å². The van der Waals surface area contributed by atoms with Crippen LogP contribution in [0.15, 0.2) is 0 Å². The molecule has 4 fully saturated rings. The highest BCUT2D eigenvalue weighted by Crippen LogP contribution is 2.52. The summed E-state index contributed by atoms with van der Waals surface area (Å²) < 4.78 is 5.56. The van der Waals surface area contributed by atoms with Crippen LogP contribution in [0.1, 0.15) is 25.7 Å². The van der Waals surface area contributed by atoms with Crippen molar-refractivity contribution in [3.8, 4) is 0 Å². The van der Waals surface area contributed by atoms with E-state index in [-0.39, 0.29) is 0 Å². The third-order valence-electron chi connectivity index (χ3n) is 3.31. The molecule has 2 atom stereocenters. The quantitative estimate of drug-likeness (QED) is 0.446. The van der Waals surface area contributed by atoms with Crippen molar-refractivity contribution in [1.29, 1.82) is 0 Å². The molecule has 0 aromatic carbocycles. The molecule has 1 heteroatoms. The Morgan fingerprint density at radius 1 is 0.778 bits per heavy atom. The Labute approximate surface area is 55.4 Å². The predicted molar refractivity (Wildman–Crippen MR) is 34.1 cm³/mol. The van der Waals surface area contributed by atoms with Gasteiger partial charge in [0.05, 0.1) is 12.2 Å². The zero-order valence-electron chi connectivity index (χ0n) is 5.55. The first-order valence-corrected chi connectivity index (χ1v) is 4.10. The lowest BCUT2D eigenvalue weighted by Gasteiger charge is -2.31. The number of ether oxygens (including phenoxy) is 1. The van der Waals surface area contributed by atoms with Crippen molar-refractivity contribution in [3.05, 3.63) is 0 Å². The molecule has 3 saturated carbocycles. The minimum absolute atomic E-state index is 0.734. The first-order chi connectivity index (χ1) is 4.45. The topological polar surface area (TPSA) is 12.5 Å². The largest absolute Gasteiger partial charge is 0.369 e. The molecule has 1 saturated heterocycles. The summed E-state index contributed by atoms with van der Waals surface area (Å²) >= 11 is 0. The molecule has 1 heterocycles. The van der Waals surface area contributed by atoms with Crippen molar-refractivity contribution in [2.24, 2.45) is 11.8 Å². The van der Waals surface area contributed by atoms with Crippen molar-refractivity contribution >= 4 is 0 Å². The molecule has 0 N–H and O–H groups in total. The molecule has 1 nitrogen and oxygen atoms in total. The lowest BCUT2D eigenvalue weighted by atomic mass is 9.71. The standard InChI is InChI=1S/C8H12O/c1-2-6-4-3-5(1)7-8(6)9-7/h5-8H,1-4H2. The Bertz CT molecular complexity index is 120. The minimum atomic E-state index is 0.734. The van der Waals surface area contributed by atoms with Gasteiger partial charge in [-0.25, -0.2) is 0 Å². The van der Waals surface area contributed by atoms with Gasteiger partial charge in [-0.1, -0.05) is 0 Å². The van der Waals surface area contributed by atoms with E-state index in [1.54, 1.807) is 0 Å². The van der Waals surface area contributed by atoms with Gasteiger partial charge in [0.2, 0.25) is 0 Å². The van der Waals surface area contributed by atoms with Crippen LogP contribution in [-0.2, 0) is 4.74 Å². The van der Waals surface area contributed by atoms with Crippen molar-refractivity contribution in [2.45, 2.75) is 37.9 Å². The van der Waals surface area contributed by atoms with Crippen LogP contribution in [0.5, 0.6) is 0 Å². The Morgan fingerprint density at radius 2 is 1.22 bits per heavy atom. The van der Waals surface area contributed by atoms with Crippen LogP contribution in [0.4, 0.5) is 0 Å². The van der Waals surface area contributed by atoms with Crippen LogP contribution in [0.3, 0.4) is 0 Å². The summed E-state index contributed by atoms with van der Waals surface area (Å²) in [5.41, 5.74) is 0. The van der Waals surface area contributed by atoms with Gasteiger partial charge in [-0.15, -0.1) is 0 Å². The number of fused-ring (bicyclic) bond motifs is 2. The molecule has 3 aliphatic carbocycles. The molecule has 0 amide bonds. The summed E-state index contributed by atoms with van der Waals surface area (Å²) in [5, 5.41) is 0. The normalized spacial score (nSPS) is 61.3. The highest BCUT2D eigenvalue weighted by Gasteiger charge is 2.55. The molecular formula is C8H12O. The SMILES string of the molecule is C1CC2CCC1C1OC21. The maximum absolute atomic E-state index is 5.56. The summed E-state index contributed by atoms with van der Waals surface area (Å²) in [7, 11) is 0. The van der Waals surface area contributed by atoms with Gasteiger partial charge in [-0.05, 0) is 37.5 Å². The number of epoxide rings is 1. The van der Waals surface area contributed by atoms with Crippen LogP contribution >= 0.6 is 0 Å². The van der Waals surface area contributed by atoms with Gasteiger partial charge in [-0.3, -0.25) is 0 Å². The van der Waals surface area contributed by atoms with Crippen LogP contribution in [0.2, 0.25) is 0 Å². The fourth-order valence-corrected chi connectivity index (χ4v) is 2.70. The molecule has 9 heavy (non-hydrogen) atoms. The van der Waals surface area contributed by atoms with E-state index in [2.05, 4.69) is 0 Å². The van der Waals surface area contributed by atoms with Crippen LogP contribution in [0.25, 0.3) is 0 Å². The van der Waals surface area contributed by atoms with E-state index in [4.69, 9.17) is 4.74 Å². The zero-order chi connectivity index (χ0) is 5.84. The minimum Gasteiger partial charge on any atom is -0.369 e. The lowest BCUT2D eigenvalue weighted by Crippen LogP contribution is -2.30. The van der Waals surface area contributed by atoms with Crippen LogP contribution in [-0.4, -0.2) is 12.2 Å². The summed E-state index contributed by atoms with van der Waals surface area (Å²) in [4.78, 5) is 0. The first kappa shape index (κ1) is 4.73. The second kappa shape index (κ2) is 1.34. The number of hydrogen-bond acceptors (Lipinski definition) is 1. The average Bonchev–Trinajstić information content (AvgIpc) is 2.68. The maximum Gasteiger partial charge on any atom is 0.0872 e. The molecule has 0 aromatic rings. The first-order valence-electron chi connectivity index (χ1n) is 4.10. The van der Waals surface area contributed by atoms with Crippen molar-refractivity contribution in [1.82, 2.24) is 0 Å². The Morgan fingerprint density at radius 3 is 1.56 bits per heavy atom. The molecule has 0 aromatic heterocycles. The molecule has 4 rings (SSSR count). The van der Waals surface area contributed by atoms with Gasteiger partial charge in [-0.2, -0.15) is 0 Å². The van der Waals surface area contributed by atoms with E-state index >= 15 is 0 Å². The number of rotatable bonds is 0. The van der Waals surface area contributed by atoms with Gasteiger partial charge in [0.25, 0.3) is 0 Å². The van der Waals surface area contributed by atoms with Gasteiger partial charge >= 0.3 is 0 Å². The summed E-state index contributed by atoms with van der Waals surface area (Å²) in [6.45, 7) is 0. The van der Waals surface area contributed by atoms with E-state index in [9.17, 15) is 0 Å². The third kappa shape index (κ3) is 0.493. The molecule has 2 unspecified atom stereocenters. The molecular weight excluding hydrogens is 112 g/mol. The third-order valence-corrected chi connectivity index (χ3v) is 3.31. The van der Waals surface area contributed by atoms with E-state index in [0.717, 1.165) is 24.0 Å². The molecule has 2 bridgehead atoms. The monoisotopic (exact) mass is 124 g/mol. The van der Waals surface area contributed by atoms with E-state index < -0.39 is 0 Å². The highest BCUT2D eigenvalue weighted by atomic mass is 16.6. The molecule has 50 valence electrons. The fraction of sp³-hybridized carbons (Fsp3) is 1.00. The molecule has 0 spiro atoms. The predicted octanol–water partition coefficient (Wildman–Crippen LogP) is 1.57. The van der Waals surface area contributed by atoms with Crippen LogP contribution < -0.4 is 0 Å². The van der Waals surface area contributed by atoms with Crippen molar-refractivity contribution in [2.75, 3.05) is 0 Å². The maximum atomic E-state index is 5.56. The Balaban J connectivity index is 1.93. The van der Waals surface area contributed by atoms with Gasteiger partial charge < -0.3 is 4.74 Å². The zero-order valence-corrected chi connectivity index (χ0v) is 5.55. The smallest absolute Gasteiger partial charge is 0.0872 e. The Kier molecular flexibility index (Phi) is 0.704. The van der Waals surface area contributed by atoms with Gasteiger partial charge in [0.1, 0.15) is 0 Å². The van der Waals surface area contributed by atoms with E-state index in [1.807, 2.05) is 0 Å². The summed E-state index contributed by atoms with van der Waals surface area (Å²) in [6, 6.07) is 0. The molecule has 1 aliphatic heterocycles. The average molecular weight is 124 g/mol. The van der Waals surface area contributed by atoms with E-state index in [1.165, 1.54) is 25.7 Å². The van der Waals surface area contributed by atoms with Crippen LogP contribution in [0, 0.1) is 11.8 Å². The van der Waals surface area contributed by atoms with E-state index in [0.29, 0.717) is 0 Å². The van der Waals surface area contributed by atoms with Crippen molar-refractivity contribution < 1.29 is 4.74 Å².